The van der Waals surface area contributed by atoms with Crippen LogP contribution in [0.15, 0.2) is 28.7 Å². The molecule has 0 aromatic heterocycles. The molecule has 4 heteroatoms. The first-order valence-corrected chi connectivity index (χ1v) is 7.82. The van der Waals surface area contributed by atoms with Gasteiger partial charge < -0.3 is 4.74 Å². The Morgan fingerprint density at radius 2 is 1.81 bits per heavy atom. The minimum absolute atomic E-state index is 0.279. The van der Waals surface area contributed by atoms with E-state index in [1.807, 2.05) is 32.9 Å². The van der Waals surface area contributed by atoms with Gasteiger partial charge in [0, 0.05) is 10.0 Å². The molecule has 0 spiro atoms. The van der Waals surface area contributed by atoms with E-state index in [9.17, 15) is 4.39 Å². The molecular weight excluding hydrogens is 355 g/mol. The smallest absolute Gasteiger partial charge is 0.127 e. The largest absolute Gasteiger partial charge is 0.496 e. The van der Waals surface area contributed by atoms with Crippen molar-refractivity contribution in [3.05, 3.63) is 62.4 Å². The van der Waals surface area contributed by atoms with Crippen molar-refractivity contribution in [3.8, 4) is 5.75 Å². The molecule has 0 heterocycles. The summed E-state index contributed by atoms with van der Waals surface area (Å²) in [4.78, 5) is 0. The molecule has 112 valence electrons. The van der Waals surface area contributed by atoms with Crippen LogP contribution in [-0.2, 0) is 0 Å². The van der Waals surface area contributed by atoms with Crippen LogP contribution in [0.2, 0.25) is 0 Å². The molecule has 2 aromatic carbocycles. The van der Waals surface area contributed by atoms with E-state index < -0.39 is 5.38 Å². The maximum absolute atomic E-state index is 13.6. The third-order valence-electron chi connectivity index (χ3n) is 3.52. The number of halogens is 3. The Morgan fingerprint density at radius 3 is 2.38 bits per heavy atom. The maximum Gasteiger partial charge on any atom is 0.127 e. The number of benzene rings is 2. The Hall–Kier alpha value is -1.06. The van der Waals surface area contributed by atoms with Crippen LogP contribution in [-0.4, -0.2) is 7.11 Å². The summed E-state index contributed by atoms with van der Waals surface area (Å²) in [7, 11) is 1.62. The molecule has 1 atom stereocenters. The van der Waals surface area contributed by atoms with Gasteiger partial charge in [-0.1, -0.05) is 22.0 Å². The van der Waals surface area contributed by atoms with Crippen molar-refractivity contribution in [2.24, 2.45) is 0 Å². The highest BCUT2D eigenvalue weighted by Gasteiger charge is 2.22. The fourth-order valence-electron chi connectivity index (χ4n) is 2.53. The number of hydrogen-bond donors (Lipinski definition) is 0. The minimum Gasteiger partial charge on any atom is -0.496 e. The Kier molecular flexibility index (Phi) is 4.95. The summed E-state index contributed by atoms with van der Waals surface area (Å²) in [5, 5.41) is -0.467. The predicted molar refractivity (Wildman–Crippen MR) is 89.0 cm³/mol. The van der Waals surface area contributed by atoms with E-state index in [0.29, 0.717) is 0 Å². The highest BCUT2D eigenvalue weighted by atomic mass is 79.9. The van der Waals surface area contributed by atoms with E-state index in [2.05, 4.69) is 15.9 Å². The SMILES string of the molecule is COc1c(C)cc(Br)c(C)c1C(Cl)c1cc(C)cc(F)c1. The van der Waals surface area contributed by atoms with Gasteiger partial charge in [0.15, 0.2) is 0 Å². The summed E-state index contributed by atoms with van der Waals surface area (Å²) in [5.74, 6) is 0.469. The highest BCUT2D eigenvalue weighted by molar-refractivity contribution is 9.10. The second-order valence-electron chi connectivity index (χ2n) is 5.17. The summed E-state index contributed by atoms with van der Waals surface area (Å²) in [6.07, 6.45) is 0. The Bertz CT molecular complexity index is 665. The quantitative estimate of drug-likeness (QED) is 0.615. The predicted octanol–water partition coefficient (Wildman–Crippen LogP) is 5.85. The second-order valence-corrected chi connectivity index (χ2v) is 6.46. The molecule has 0 aliphatic rings. The standard InChI is InChI=1S/C17H17BrClFO/c1-9-5-12(8-13(20)6-9)16(19)15-11(3)14(18)7-10(2)17(15)21-4/h5-8,16H,1-4H3. The topological polar surface area (TPSA) is 9.23 Å². The molecule has 0 fully saturated rings. The summed E-state index contributed by atoms with van der Waals surface area (Å²) in [6.45, 7) is 5.79. The number of methoxy groups -OCH3 is 1. The van der Waals surface area contributed by atoms with Crippen molar-refractivity contribution >= 4 is 27.5 Å². The van der Waals surface area contributed by atoms with Crippen LogP contribution in [0, 0.1) is 26.6 Å². The lowest BCUT2D eigenvalue weighted by Crippen LogP contribution is -2.04. The fraction of sp³-hybridized carbons (Fsp3) is 0.294. The van der Waals surface area contributed by atoms with E-state index in [1.165, 1.54) is 12.1 Å². The van der Waals surface area contributed by atoms with E-state index in [1.54, 1.807) is 7.11 Å². The fourth-order valence-corrected chi connectivity index (χ4v) is 3.47. The molecule has 0 saturated carbocycles. The maximum atomic E-state index is 13.6. The third kappa shape index (κ3) is 3.24. The first-order chi connectivity index (χ1) is 9.85. The molecule has 2 rings (SSSR count). The second kappa shape index (κ2) is 6.37. The van der Waals surface area contributed by atoms with Crippen molar-refractivity contribution < 1.29 is 9.13 Å². The number of alkyl halides is 1. The van der Waals surface area contributed by atoms with Crippen LogP contribution >= 0.6 is 27.5 Å². The Labute approximate surface area is 138 Å². The molecule has 0 amide bonds. The summed E-state index contributed by atoms with van der Waals surface area (Å²) >= 11 is 10.2. The molecular formula is C17H17BrClFO. The summed E-state index contributed by atoms with van der Waals surface area (Å²) in [6, 6.07) is 6.86. The van der Waals surface area contributed by atoms with Gasteiger partial charge in [0.1, 0.15) is 11.6 Å². The molecule has 0 saturated heterocycles. The lowest BCUT2D eigenvalue weighted by atomic mass is 9.95. The molecule has 0 radical (unpaired) electrons. The summed E-state index contributed by atoms with van der Waals surface area (Å²) < 4.78 is 20.1. The van der Waals surface area contributed by atoms with Gasteiger partial charge >= 0.3 is 0 Å². The number of ether oxygens (including phenoxy) is 1. The zero-order valence-corrected chi connectivity index (χ0v) is 14.8. The first-order valence-electron chi connectivity index (χ1n) is 6.60. The molecule has 21 heavy (non-hydrogen) atoms. The Balaban J connectivity index is 2.64. The van der Waals surface area contributed by atoms with Gasteiger partial charge in [0.25, 0.3) is 0 Å². The van der Waals surface area contributed by atoms with Crippen molar-refractivity contribution in [1.82, 2.24) is 0 Å². The van der Waals surface area contributed by atoms with Gasteiger partial charge in [-0.15, -0.1) is 11.6 Å². The van der Waals surface area contributed by atoms with Crippen LogP contribution in [0.3, 0.4) is 0 Å². The van der Waals surface area contributed by atoms with Crippen molar-refractivity contribution in [3.63, 3.8) is 0 Å². The van der Waals surface area contributed by atoms with E-state index in [-0.39, 0.29) is 5.82 Å². The molecule has 0 aliphatic heterocycles. The molecule has 1 unspecified atom stereocenters. The van der Waals surface area contributed by atoms with E-state index in [0.717, 1.165) is 38.0 Å². The van der Waals surface area contributed by atoms with Gasteiger partial charge in [-0.2, -0.15) is 0 Å². The number of rotatable bonds is 3. The van der Waals surface area contributed by atoms with Crippen LogP contribution in [0.5, 0.6) is 5.75 Å². The molecule has 0 N–H and O–H groups in total. The minimum atomic E-state index is -0.467. The average Bonchev–Trinajstić information content (AvgIpc) is 2.40. The van der Waals surface area contributed by atoms with Crippen molar-refractivity contribution in [2.75, 3.05) is 7.11 Å². The van der Waals surface area contributed by atoms with Crippen LogP contribution in [0.4, 0.5) is 4.39 Å². The zero-order chi connectivity index (χ0) is 15.7. The number of aryl methyl sites for hydroxylation is 2. The number of hydrogen-bond acceptors (Lipinski definition) is 1. The van der Waals surface area contributed by atoms with Gasteiger partial charge in [-0.3, -0.25) is 0 Å². The van der Waals surface area contributed by atoms with Crippen molar-refractivity contribution in [1.29, 1.82) is 0 Å². The Morgan fingerprint density at radius 1 is 1.14 bits per heavy atom. The summed E-state index contributed by atoms with van der Waals surface area (Å²) in [5.41, 5.74) is 4.44. The van der Waals surface area contributed by atoms with Gasteiger partial charge in [0.05, 0.1) is 12.5 Å². The highest BCUT2D eigenvalue weighted by Crippen LogP contribution is 2.42. The molecule has 2 aromatic rings. The van der Waals surface area contributed by atoms with Crippen LogP contribution < -0.4 is 4.74 Å². The first kappa shape index (κ1) is 16.3. The van der Waals surface area contributed by atoms with Gasteiger partial charge in [-0.05, 0) is 61.2 Å². The lowest BCUT2D eigenvalue weighted by Gasteiger charge is -2.20. The van der Waals surface area contributed by atoms with Gasteiger partial charge in [0.2, 0.25) is 0 Å². The van der Waals surface area contributed by atoms with Crippen molar-refractivity contribution in [2.45, 2.75) is 26.1 Å². The van der Waals surface area contributed by atoms with Crippen LogP contribution in [0.1, 0.15) is 33.2 Å². The molecule has 0 bridgehead atoms. The van der Waals surface area contributed by atoms with Gasteiger partial charge in [-0.25, -0.2) is 4.39 Å². The van der Waals surface area contributed by atoms with E-state index in [4.69, 9.17) is 16.3 Å². The monoisotopic (exact) mass is 370 g/mol. The lowest BCUT2D eigenvalue weighted by molar-refractivity contribution is 0.406. The molecule has 1 nitrogen and oxygen atoms in total. The normalized spacial score (nSPS) is 12.3. The van der Waals surface area contributed by atoms with E-state index >= 15 is 0 Å². The third-order valence-corrected chi connectivity index (χ3v) is 4.82. The van der Waals surface area contributed by atoms with Crippen LogP contribution in [0.25, 0.3) is 0 Å². The zero-order valence-electron chi connectivity index (χ0n) is 12.4. The average molecular weight is 372 g/mol. The molecule has 0 aliphatic carbocycles.